The molecule has 2 aliphatic rings. The van der Waals surface area contributed by atoms with Gasteiger partial charge in [-0.3, -0.25) is 4.90 Å². The minimum Gasteiger partial charge on any atom is -0.328 e. The van der Waals surface area contributed by atoms with Crippen LogP contribution in [0.15, 0.2) is 18.9 Å². The van der Waals surface area contributed by atoms with E-state index in [1.165, 1.54) is 30.9 Å². The molecule has 0 unspecified atom stereocenters. The molecule has 1 aliphatic heterocycles. The van der Waals surface area contributed by atoms with Crippen LogP contribution in [0.2, 0.25) is 0 Å². The Morgan fingerprint density at radius 1 is 1.26 bits per heavy atom. The van der Waals surface area contributed by atoms with E-state index in [4.69, 9.17) is 0 Å². The summed E-state index contributed by atoms with van der Waals surface area (Å²) < 4.78 is 4.19. The van der Waals surface area contributed by atoms with E-state index >= 15 is 0 Å². The molecule has 0 amide bonds. The summed E-state index contributed by atoms with van der Waals surface area (Å²) in [5, 5.41) is 4.16. The van der Waals surface area contributed by atoms with Crippen molar-refractivity contribution < 1.29 is 0 Å². The fourth-order valence-corrected chi connectivity index (χ4v) is 2.80. The van der Waals surface area contributed by atoms with Crippen molar-refractivity contribution in [3.63, 3.8) is 0 Å². The maximum Gasteiger partial charge on any atom is 0.137 e. The topological polar surface area (TPSA) is 51.8 Å². The minimum absolute atomic E-state index is 0.760. The van der Waals surface area contributed by atoms with Crippen LogP contribution in [0.1, 0.15) is 24.4 Å². The summed E-state index contributed by atoms with van der Waals surface area (Å²) in [6, 6.07) is 0. The molecule has 2 aromatic rings. The third-order valence-corrected chi connectivity index (χ3v) is 4.03. The van der Waals surface area contributed by atoms with Crippen molar-refractivity contribution in [2.45, 2.75) is 32.5 Å². The molecular weight excluding hydrogens is 240 g/mol. The fourth-order valence-electron chi connectivity index (χ4n) is 2.80. The SMILES string of the molecule is c1ncn(Cc2cnc3n2CCN(CC2CC2)C3)n1. The van der Waals surface area contributed by atoms with E-state index in [-0.39, 0.29) is 0 Å². The molecule has 1 aliphatic carbocycles. The number of imidazole rings is 1. The smallest absolute Gasteiger partial charge is 0.137 e. The molecule has 0 aromatic carbocycles. The number of fused-ring (bicyclic) bond motifs is 1. The van der Waals surface area contributed by atoms with Gasteiger partial charge in [-0.05, 0) is 18.8 Å². The maximum atomic E-state index is 4.57. The molecule has 1 saturated carbocycles. The van der Waals surface area contributed by atoms with Crippen LogP contribution in [0, 0.1) is 5.92 Å². The zero-order valence-corrected chi connectivity index (χ0v) is 10.9. The molecule has 0 atom stereocenters. The van der Waals surface area contributed by atoms with E-state index in [0.717, 1.165) is 32.1 Å². The first kappa shape index (κ1) is 11.2. The summed E-state index contributed by atoms with van der Waals surface area (Å²) in [7, 11) is 0. The maximum absolute atomic E-state index is 4.57. The fraction of sp³-hybridized carbons (Fsp3) is 0.615. The van der Waals surface area contributed by atoms with E-state index < -0.39 is 0 Å². The monoisotopic (exact) mass is 258 g/mol. The molecule has 0 bridgehead atoms. The molecule has 6 heteroatoms. The van der Waals surface area contributed by atoms with Crippen molar-refractivity contribution in [2.75, 3.05) is 13.1 Å². The zero-order chi connectivity index (χ0) is 12.7. The van der Waals surface area contributed by atoms with Crippen molar-refractivity contribution in [1.29, 1.82) is 0 Å². The normalized spacial score (nSPS) is 19.6. The van der Waals surface area contributed by atoms with Crippen LogP contribution < -0.4 is 0 Å². The average Bonchev–Trinajstić information content (AvgIpc) is 2.94. The van der Waals surface area contributed by atoms with Gasteiger partial charge in [0.25, 0.3) is 0 Å². The summed E-state index contributed by atoms with van der Waals surface area (Å²) >= 11 is 0. The lowest BCUT2D eigenvalue weighted by Gasteiger charge is -2.28. The lowest BCUT2D eigenvalue weighted by molar-refractivity contribution is 0.207. The number of hydrogen-bond donors (Lipinski definition) is 0. The van der Waals surface area contributed by atoms with Crippen molar-refractivity contribution in [3.05, 3.63) is 30.4 Å². The second-order valence-electron chi connectivity index (χ2n) is 5.59. The molecule has 19 heavy (non-hydrogen) atoms. The first-order valence-electron chi connectivity index (χ1n) is 6.96. The van der Waals surface area contributed by atoms with Crippen LogP contribution in [0.25, 0.3) is 0 Å². The van der Waals surface area contributed by atoms with E-state index in [2.05, 4.69) is 24.5 Å². The summed E-state index contributed by atoms with van der Waals surface area (Å²) in [6.45, 7) is 5.20. The van der Waals surface area contributed by atoms with Crippen LogP contribution in [0.4, 0.5) is 0 Å². The van der Waals surface area contributed by atoms with Gasteiger partial charge in [0.05, 0.1) is 25.0 Å². The molecule has 3 heterocycles. The second-order valence-corrected chi connectivity index (χ2v) is 5.59. The lowest BCUT2D eigenvalue weighted by Crippen LogP contribution is -2.35. The molecule has 0 N–H and O–H groups in total. The van der Waals surface area contributed by atoms with E-state index in [9.17, 15) is 0 Å². The quantitative estimate of drug-likeness (QED) is 0.812. The minimum atomic E-state index is 0.760. The molecule has 2 aromatic heterocycles. The predicted molar refractivity (Wildman–Crippen MR) is 69.4 cm³/mol. The average molecular weight is 258 g/mol. The molecule has 0 spiro atoms. The Labute approximate surface area is 112 Å². The molecule has 0 saturated heterocycles. The van der Waals surface area contributed by atoms with Gasteiger partial charge in [0.1, 0.15) is 18.5 Å². The Kier molecular flexibility index (Phi) is 2.61. The molecule has 1 fully saturated rings. The molecule has 100 valence electrons. The Morgan fingerprint density at radius 2 is 2.21 bits per heavy atom. The van der Waals surface area contributed by atoms with Crippen LogP contribution in [0.3, 0.4) is 0 Å². The van der Waals surface area contributed by atoms with Crippen LogP contribution in [-0.2, 0) is 19.6 Å². The number of rotatable bonds is 4. The van der Waals surface area contributed by atoms with E-state index in [1.807, 2.05) is 10.9 Å². The lowest BCUT2D eigenvalue weighted by atomic mass is 10.3. The van der Waals surface area contributed by atoms with E-state index in [0.29, 0.717) is 0 Å². The van der Waals surface area contributed by atoms with Crippen molar-refractivity contribution in [1.82, 2.24) is 29.2 Å². The summed E-state index contributed by atoms with van der Waals surface area (Å²) in [5.74, 6) is 2.15. The van der Waals surface area contributed by atoms with Gasteiger partial charge in [-0.1, -0.05) is 0 Å². The molecular formula is C13H18N6. The predicted octanol–water partition coefficient (Wildman–Crippen LogP) is 0.748. The van der Waals surface area contributed by atoms with Gasteiger partial charge in [0.15, 0.2) is 0 Å². The second kappa shape index (κ2) is 4.45. The first-order chi connectivity index (χ1) is 9.38. The van der Waals surface area contributed by atoms with Gasteiger partial charge in [-0.2, -0.15) is 5.10 Å². The van der Waals surface area contributed by atoms with Crippen molar-refractivity contribution in [3.8, 4) is 0 Å². The van der Waals surface area contributed by atoms with Crippen LogP contribution >= 0.6 is 0 Å². The summed E-state index contributed by atoms with van der Waals surface area (Å²) in [5.41, 5.74) is 1.23. The highest BCUT2D eigenvalue weighted by Gasteiger charge is 2.27. The highest BCUT2D eigenvalue weighted by atomic mass is 15.3. The Morgan fingerprint density at radius 3 is 3.00 bits per heavy atom. The van der Waals surface area contributed by atoms with Gasteiger partial charge >= 0.3 is 0 Å². The number of nitrogens with zero attached hydrogens (tertiary/aromatic N) is 6. The largest absolute Gasteiger partial charge is 0.328 e. The summed E-state index contributed by atoms with van der Waals surface area (Å²) in [4.78, 5) is 11.1. The Bertz CT molecular complexity index is 554. The Hall–Kier alpha value is -1.69. The summed E-state index contributed by atoms with van der Waals surface area (Å²) in [6.07, 6.45) is 8.15. The van der Waals surface area contributed by atoms with Crippen LogP contribution in [-0.4, -0.2) is 42.3 Å². The highest BCUT2D eigenvalue weighted by molar-refractivity contribution is 5.08. The third kappa shape index (κ3) is 2.28. The molecule has 4 rings (SSSR count). The van der Waals surface area contributed by atoms with Gasteiger partial charge in [-0.15, -0.1) is 0 Å². The number of hydrogen-bond acceptors (Lipinski definition) is 4. The first-order valence-corrected chi connectivity index (χ1v) is 6.96. The van der Waals surface area contributed by atoms with Gasteiger partial charge in [0.2, 0.25) is 0 Å². The van der Waals surface area contributed by atoms with Crippen molar-refractivity contribution in [2.24, 2.45) is 5.92 Å². The molecule has 6 nitrogen and oxygen atoms in total. The van der Waals surface area contributed by atoms with Gasteiger partial charge in [-0.25, -0.2) is 14.6 Å². The van der Waals surface area contributed by atoms with Crippen molar-refractivity contribution >= 4 is 0 Å². The third-order valence-electron chi connectivity index (χ3n) is 4.03. The molecule has 0 radical (unpaired) electrons. The number of aromatic nitrogens is 5. The van der Waals surface area contributed by atoms with Gasteiger partial charge in [0, 0.05) is 19.6 Å². The standard InChI is InChI=1S/C13H18N6/c1-2-11(1)6-17-3-4-19-12(5-15-13(19)8-17)7-18-10-14-9-16-18/h5,9-11H,1-4,6-8H2. The van der Waals surface area contributed by atoms with Gasteiger partial charge < -0.3 is 4.57 Å². The highest BCUT2D eigenvalue weighted by Crippen LogP contribution is 2.30. The van der Waals surface area contributed by atoms with E-state index in [1.54, 1.807) is 12.7 Å². The Balaban J connectivity index is 1.49. The zero-order valence-electron chi connectivity index (χ0n) is 10.9. The van der Waals surface area contributed by atoms with Crippen LogP contribution in [0.5, 0.6) is 0 Å².